The predicted molar refractivity (Wildman–Crippen MR) is 77.9 cm³/mol. The second-order valence-corrected chi connectivity index (χ2v) is 4.02. The molecule has 1 aromatic carbocycles. The highest BCUT2D eigenvalue weighted by molar-refractivity contribution is 5.85. The van der Waals surface area contributed by atoms with Crippen LogP contribution in [0.4, 0.5) is 11.5 Å². The summed E-state index contributed by atoms with van der Waals surface area (Å²) in [7, 11) is 0. The van der Waals surface area contributed by atoms with Crippen LogP contribution in [0.5, 0.6) is 0 Å². The molecule has 0 bridgehead atoms. The lowest BCUT2D eigenvalue weighted by Gasteiger charge is -2.09. The standard InChI is InChI=1S/C12H17N5O.ClH/c13-9(8-4-2-1-3-5-8)11-10(14)12(15)17(16-11)6-7-18;/h1-5,9,18H,6-7,13-15H2;1H. The second-order valence-electron chi connectivity index (χ2n) is 4.02. The van der Waals surface area contributed by atoms with Gasteiger partial charge < -0.3 is 22.3 Å². The van der Waals surface area contributed by atoms with Crippen LogP contribution in [0.1, 0.15) is 17.3 Å². The lowest BCUT2D eigenvalue weighted by Crippen LogP contribution is -2.14. The van der Waals surface area contributed by atoms with E-state index in [0.717, 1.165) is 5.56 Å². The van der Waals surface area contributed by atoms with E-state index in [9.17, 15) is 0 Å². The van der Waals surface area contributed by atoms with Crippen molar-refractivity contribution in [2.24, 2.45) is 5.73 Å². The van der Waals surface area contributed by atoms with Gasteiger partial charge in [0.05, 0.1) is 24.9 Å². The van der Waals surface area contributed by atoms with E-state index < -0.39 is 6.04 Å². The Balaban J connectivity index is 0.00000180. The van der Waals surface area contributed by atoms with Gasteiger partial charge in [-0.1, -0.05) is 30.3 Å². The third kappa shape index (κ3) is 2.98. The number of nitrogens with two attached hydrogens (primary N) is 3. The second kappa shape index (κ2) is 6.42. The summed E-state index contributed by atoms with van der Waals surface area (Å²) < 4.78 is 1.47. The van der Waals surface area contributed by atoms with Crippen LogP contribution in [0.3, 0.4) is 0 Å². The van der Waals surface area contributed by atoms with Gasteiger partial charge in [0, 0.05) is 0 Å². The molecule has 7 N–H and O–H groups in total. The summed E-state index contributed by atoms with van der Waals surface area (Å²) in [5.74, 6) is 0.338. The predicted octanol–water partition coefficient (Wildman–Crippen LogP) is 0.510. The third-order valence-electron chi connectivity index (χ3n) is 2.82. The highest BCUT2D eigenvalue weighted by atomic mass is 35.5. The molecule has 19 heavy (non-hydrogen) atoms. The van der Waals surface area contributed by atoms with Crippen molar-refractivity contribution in [1.82, 2.24) is 9.78 Å². The molecule has 0 amide bonds. The quantitative estimate of drug-likeness (QED) is 0.652. The normalized spacial score (nSPS) is 11.9. The Bertz CT molecular complexity index is 528. The Labute approximate surface area is 117 Å². The molecule has 0 aliphatic rings. The van der Waals surface area contributed by atoms with Crippen molar-refractivity contribution in [3.8, 4) is 0 Å². The van der Waals surface area contributed by atoms with E-state index in [2.05, 4.69) is 5.10 Å². The molecule has 1 heterocycles. The average Bonchev–Trinajstić information content (AvgIpc) is 2.68. The molecule has 7 heteroatoms. The Hall–Kier alpha value is -1.76. The van der Waals surface area contributed by atoms with Crippen LogP contribution >= 0.6 is 12.4 Å². The zero-order valence-corrected chi connectivity index (χ0v) is 11.2. The summed E-state index contributed by atoms with van der Waals surface area (Å²) >= 11 is 0. The maximum absolute atomic E-state index is 8.91. The van der Waals surface area contributed by atoms with Gasteiger partial charge in [0.1, 0.15) is 11.5 Å². The highest BCUT2D eigenvalue weighted by Gasteiger charge is 2.19. The van der Waals surface area contributed by atoms with E-state index in [1.165, 1.54) is 4.68 Å². The van der Waals surface area contributed by atoms with E-state index in [0.29, 0.717) is 23.7 Å². The minimum atomic E-state index is -0.423. The number of hydrogen-bond donors (Lipinski definition) is 4. The Morgan fingerprint density at radius 3 is 2.42 bits per heavy atom. The molecule has 1 aromatic heterocycles. The maximum Gasteiger partial charge on any atom is 0.145 e. The summed E-state index contributed by atoms with van der Waals surface area (Å²) in [6, 6.07) is 9.11. The first kappa shape index (κ1) is 15.3. The van der Waals surface area contributed by atoms with Crippen molar-refractivity contribution in [2.75, 3.05) is 18.1 Å². The Morgan fingerprint density at radius 1 is 1.21 bits per heavy atom. The van der Waals surface area contributed by atoms with Crippen LogP contribution in [-0.2, 0) is 6.54 Å². The van der Waals surface area contributed by atoms with Crippen molar-refractivity contribution in [1.29, 1.82) is 0 Å². The number of benzene rings is 1. The van der Waals surface area contributed by atoms with Gasteiger partial charge in [0.25, 0.3) is 0 Å². The first-order valence-corrected chi connectivity index (χ1v) is 5.68. The summed E-state index contributed by atoms with van der Waals surface area (Å²) in [6.45, 7) is 0.253. The molecule has 0 saturated carbocycles. The number of aromatic nitrogens is 2. The van der Waals surface area contributed by atoms with Crippen molar-refractivity contribution in [2.45, 2.75) is 12.6 Å². The number of nitrogen functional groups attached to an aromatic ring is 2. The van der Waals surface area contributed by atoms with Crippen molar-refractivity contribution in [3.63, 3.8) is 0 Å². The highest BCUT2D eigenvalue weighted by Crippen LogP contribution is 2.27. The number of rotatable bonds is 4. The molecule has 0 fully saturated rings. The minimum absolute atomic E-state index is 0. The number of hydrogen-bond acceptors (Lipinski definition) is 5. The number of nitrogens with zero attached hydrogens (tertiary/aromatic N) is 2. The smallest absolute Gasteiger partial charge is 0.145 e. The number of halogens is 1. The molecule has 0 spiro atoms. The molecule has 2 aromatic rings. The Morgan fingerprint density at radius 2 is 1.84 bits per heavy atom. The average molecular weight is 284 g/mol. The molecule has 6 nitrogen and oxygen atoms in total. The zero-order chi connectivity index (χ0) is 13.1. The number of anilines is 2. The van der Waals surface area contributed by atoms with Crippen LogP contribution in [0, 0.1) is 0 Å². The Kier molecular flexibility index (Phi) is 5.17. The molecule has 0 radical (unpaired) electrons. The third-order valence-corrected chi connectivity index (χ3v) is 2.82. The fraction of sp³-hybridized carbons (Fsp3) is 0.250. The van der Waals surface area contributed by atoms with Crippen LogP contribution in [0.25, 0.3) is 0 Å². The van der Waals surface area contributed by atoms with Crippen molar-refractivity contribution in [3.05, 3.63) is 41.6 Å². The molecular formula is C12H18ClN5O. The van der Waals surface area contributed by atoms with Crippen LogP contribution in [0.15, 0.2) is 30.3 Å². The van der Waals surface area contributed by atoms with Crippen LogP contribution in [0.2, 0.25) is 0 Å². The summed E-state index contributed by atoms with van der Waals surface area (Å²) in [6.07, 6.45) is 0. The summed E-state index contributed by atoms with van der Waals surface area (Å²) in [5, 5.41) is 13.2. The van der Waals surface area contributed by atoms with Crippen LogP contribution < -0.4 is 17.2 Å². The monoisotopic (exact) mass is 283 g/mol. The van der Waals surface area contributed by atoms with Gasteiger partial charge in [-0.3, -0.25) is 0 Å². The van der Waals surface area contributed by atoms with E-state index >= 15 is 0 Å². The first-order valence-electron chi connectivity index (χ1n) is 5.68. The number of aliphatic hydroxyl groups is 1. The van der Waals surface area contributed by atoms with E-state index in [-0.39, 0.29) is 19.0 Å². The fourth-order valence-corrected chi connectivity index (χ4v) is 1.82. The molecule has 0 aliphatic carbocycles. The van der Waals surface area contributed by atoms with Gasteiger partial charge >= 0.3 is 0 Å². The van der Waals surface area contributed by atoms with Gasteiger partial charge in [-0.25, -0.2) is 4.68 Å². The first-order chi connectivity index (χ1) is 8.65. The SMILES string of the molecule is Cl.Nc1c(C(N)c2ccccc2)nn(CCO)c1N. The maximum atomic E-state index is 8.91. The number of aliphatic hydroxyl groups excluding tert-OH is 1. The molecular weight excluding hydrogens is 266 g/mol. The lowest BCUT2D eigenvalue weighted by atomic mass is 10.0. The minimum Gasteiger partial charge on any atom is -0.394 e. The lowest BCUT2D eigenvalue weighted by molar-refractivity contribution is 0.270. The molecule has 1 unspecified atom stereocenters. The summed E-state index contributed by atoms with van der Waals surface area (Å²) in [4.78, 5) is 0. The van der Waals surface area contributed by atoms with Gasteiger partial charge in [-0.05, 0) is 5.56 Å². The molecule has 104 valence electrons. The van der Waals surface area contributed by atoms with Crippen molar-refractivity contribution >= 4 is 23.9 Å². The molecule has 0 aliphatic heterocycles. The van der Waals surface area contributed by atoms with Crippen LogP contribution in [-0.4, -0.2) is 21.5 Å². The molecule has 0 saturated heterocycles. The zero-order valence-electron chi connectivity index (χ0n) is 10.4. The van der Waals surface area contributed by atoms with Gasteiger partial charge in [0.15, 0.2) is 0 Å². The molecule has 2 rings (SSSR count). The van der Waals surface area contributed by atoms with E-state index in [1.54, 1.807) is 0 Å². The van der Waals surface area contributed by atoms with Gasteiger partial charge in [0.2, 0.25) is 0 Å². The fourth-order valence-electron chi connectivity index (χ4n) is 1.82. The molecule has 1 atom stereocenters. The largest absolute Gasteiger partial charge is 0.394 e. The van der Waals surface area contributed by atoms with Crippen molar-refractivity contribution < 1.29 is 5.11 Å². The van der Waals surface area contributed by atoms with Gasteiger partial charge in [-0.15, -0.1) is 12.4 Å². The topological polar surface area (TPSA) is 116 Å². The van der Waals surface area contributed by atoms with E-state index in [1.807, 2.05) is 30.3 Å². The van der Waals surface area contributed by atoms with Gasteiger partial charge in [-0.2, -0.15) is 5.10 Å². The summed E-state index contributed by atoms with van der Waals surface area (Å²) in [5.41, 5.74) is 19.7. The van der Waals surface area contributed by atoms with E-state index in [4.69, 9.17) is 22.3 Å².